The molecule has 2 rings (SSSR count). The zero-order valence-electron chi connectivity index (χ0n) is 10.3. The third-order valence-corrected chi connectivity index (χ3v) is 3.46. The van der Waals surface area contributed by atoms with Gasteiger partial charge >= 0.3 is 0 Å². The largest absolute Gasteiger partial charge is 0.390 e. The Morgan fingerprint density at radius 3 is 2.81 bits per heavy atom. The third kappa shape index (κ3) is 2.43. The summed E-state index contributed by atoms with van der Waals surface area (Å²) >= 11 is 0. The van der Waals surface area contributed by atoms with Crippen LogP contribution in [0.3, 0.4) is 0 Å². The average Bonchev–Trinajstić information content (AvgIpc) is 2.62. The first kappa shape index (κ1) is 11.6. The van der Waals surface area contributed by atoms with Crippen molar-refractivity contribution >= 4 is 0 Å². The van der Waals surface area contributed by atoms with Gasteiger partial charge in [-0.25, -0.2) is 4.68 Å². The Hall–Kier alpha value is -0.900. The number of aromatic nitrogens is 3. The van der Waals surface area contributed by atoms with Crippen LogP contribution in [0.1, 0.15) is 51.8 Å². The molecule has 4 nitrogen and oxygen atoms in total. The molecule has 0 aromatic carbocycles. The van der Waals surface area contributed by atoms with E-state index in [0.29, 0.717) is 17.2 Å². The molecule has 0 saturated heterocycles. The molecule has 1 aromatic rings. The molecule has 16 heavy (non-hydrogen) atoms. The standard InChI is InChI=1S/C12H21N3O/c1-9-4-11(6-12(2,3)5-9)15-7-10(8-16)13-14-15/h7,9,11,16H,4-6,8H2,1-3H3/t9-,11-/m0/s1. The summed E-state index contributed by atoms with van der Waals surface area (Å²) in [5, 5.41) is 17.1. The van der Waals surface area contributed by atoms with Crippen LogP contribution in [0.4, 0.5) is 0 Å². The normalized spacial score (nSPS) is 29.2. The van der Waals surface area contributed by atoms with Crippen LogP contribution in [0.25, 0.3) is 0 Å². The molecule has 0 aliphatic heterocycles. The van der Waals surface area contributed by atoms with Crippen LogP contribution in [0.2, 0.25) is 0 Å². The number of aliphatic hydroxyl groups is 1. The lowest BCUT2D eigenvalue weighted by Gasteiger charge is -2.38. The van der Waals surface area contributed by atoms with Gasteiger partial charge in [0.05, 0.1) is 18.8 Å². The third-order valence-electron chi connectivity index (χ3n) is 3.46. The lowest BCUT2D eigenvalue weighted by Crippen LogP contribution is -2.29. The summed E-state index contributed by atoms with van der Waals surface area (Å²) in [6.45, 7) is 6.92. The van der Waals surface area contributed by atoms with E-state index in [-0.39, 0.29) is 6.61 Å². The molecule has 1 saturated carbocycles. The van der Waals surface area contributed by atoms with Crippen LogP contribution < -0.4 is 0 Å². The van der Waals surface area contributed by atoms with Crippen LogP contribution in [0.5, 0.6) is 0 Å². The first-order chi connectivity index (χ1) is 7.50. The van der Waals surface area contributed by atoms with Crippen LogP contribution in [-0.4, -0.2) is 20.1 Å². The summed E-state index contributed by atoms with van der Waals surface area (Å²) in [6, 6.07) is 0.437. The van der Waals surface area contributed by atoms with Gasteiger partial charge in [-0.15, -0.1) is 5.10 Å². The summed E-state index contributed by atoms with van der Waals surface area (Å²) in [5.41, 5.74) is 1.05. The fourth-order valence-corrected chi connectivity index (χ4v) is 3.06. The first-order valence-corrected chi connectivity index (χ1v) is 6.02. The second-order valence-corrected chi connectivity index (χ2v) is 5.92. The molecule has 0 radical (unpaired) electrons. The van der Waals surface area contributed by atoms with E-state index < -0.39 is 0 Å². The van der Waals surface area contributed by atoms with E-state index in [4.69, 9.17) is 5.11 Å². The number of nitrogens with zero attached hydrogens (tertiary/aromatic N) is 3. The molecule has 0 spiro atoms. The highest BCUT2D eigenvalue weighted by atomic mass is 16.3. The smallest absolute Gasteiger partial charge is 0.108 e. The van der Waals surface area contributed by atoms with Crippen molar-refractivity contribution in [3.05, 3.63) is 11.9 Å². The second-order valence-electron chi connectivity index (χ2n) is 5.92. The molecule has 4 heteroatoms. The summed E-state index contributed by atoms with van der Waals surface area (Å²) in [6.07, 6.45) is 5.47. The Labute approximate surface area is 96.7 Å². The zero-order chi connectivity index (χ0) is 11.8. The van der Waals surface area contributed by atoms with Gasteiger partial charge in [-0.1, -0.05) is 26.0 Å². The van der Waals surface area contributed by atoms with Crippen LogP contribution in [0, 0.1) is 11.3 Å². The van der Waals surface area contributed by atoms with E-state index in [9.17, 15) is 0 Å². The SMILES string of the molecule is C[C@H]1C[C@H](n2cc(CO)nn2)CC(C)(C)C1. The van der Waals surface area contributed by atoms with Gasteiger partial charge in [0.25, 0.3) is 0 Å². The van der Waals surface area contributed by atoms with Crippen molar-refractivity contribution in [3.8, 4) is 0 Å². The maximum Gasteiger partial charge on any atom is 0.108 e. The Balaban J connectivity index is 2.14. The van der Waals surface area contributed by atoms with Crippen molar-refractivity contribution in [1.29, 1.82) is 0 Å². The molecule has 1 aliphatic rings. The van der Waals surface area contributed by atoms with Crippen LogP contribution in [-0.2, 0) is 6.61 Å². The lowest BCUT2D eigenvalue weighted by atomic mass is 9.71. The molecule has 2 atom stereocenters. The minimum atomic E-state index is -0.0222. The highest BCUT2D eigenvalue weighted by molar-refractivity contribution is 4.93. The van der Waals surface area contributed by atoms with Gasteiger partial charge in [0.15, 0.2) is 0 Å². The van der Waals surface area contributed by atoms with Gasteiger partial charge in [-0.05, 0) is 30.6 Å². The summed E-state index contributed by atoms with van der Waals surface area (Å²) < 4.78 is 1.93. The number of rotatable bonds is 2. The molecular weight excluding hydrogens is 202 g/mol. The van der Waals surface area contributed by atoms with Gasteiger partial charge in [0, 0.05) is 0 Å². The summed E-state index contributed by atoms with van der Waals surface area (Å²) in [5.74, 6) is 0.732. The van der Waals surface area contributed by atoms with Crippen molar-refractivity contribution in [2.45, 2.75) is 52.7 Å². The monoisotopic (exact) mass is 223 g/mol. The van der Waals surface area contributed by atoms with E-state index in [2.05, 4.69) is 31.1 Å². The van der Waals surface area contributed by atoms with Gasteiger partial charge in [-0.2, -0.15) is 0 Å². The number of aliphatic hydroxyl groups excluding tert-OH is 1. The molecule has 1 aliphatic carbocycles. The van der Waals surface area contributed by atoms with E-state index in [0.717, 1.165) is 18.8 Å². The van der Waals surface area contributed by atoms with E-state index >= 15 is 0 Å². The first-order valence-electron chi connectivity index (χ1n) is 6.02. The van der Waals surface area contributed by atoms with Gasteiger partial charge in [0.2, 0.25) is 0 Å². The maximum atomic E-state index is 8.99. The molecule has 0 bridgehead atoms. The highest BCUT2D eigenvalue weighted by Gasteiger charge is 2.33. The van der Waals surface area contributed by atoms with Crippen molar-refractivity contribution in [3.63, 3.8) is 0 Å². The van der Waals surface area contributed by atoms with E-state index in [1.54, 1.807) is 0 Å². The lowest BCUT2D eigenvalue weighted by molar-refractivity contribution is 0.129. The fourth-order valence-electron chi connectivity index (χ4n) is 3.06. The van der Waals surface area contributed by atoms with E-state index in [1.165, 1.54) is 6.42 Å². The average molecular weight is 223 g/mol. The van der Waals surface area contributed by atoms with Crippen LogP contribution >= 0.6 is 0 Å². The number of hydrogen-bond donors (Lipinski definition) is 1. The Morgan fingerprint density at radius 2 is 2.25 bits per heavy atom. The quantitative estimate of drug-likeness (QED) is 0.836. The van der Waals surface area contributed by atoms with Crippen molar-refractivity contribution in [2.24, 2.45) is 11.3 Å². The maximum absolute atomic E-state index is 8.99. The van der Waals surface area contributed by atoms with Crippen molar-refractivity contribution in [1.82, 2.24) is 15.0 Å². The minimum Gasteiger partial charge on any atom is -0.390 e. The summed E-state index contributed by atoms with van der Waals surface area (Å²) in [7, 11) is 0. The zero-order valence-corrected chi connectivity index (χ0v) is 10.3. The van der Waals surface area contributed by atoms with Gasteiger partial charge in [0.1, 0.15) is 5.69 Å². The molecular formula is C12H21N3O. The van der Waals surface area contributed by atoms with Crippen molar-refractivity contribution in [2.75, 3.05) is 0 Å². The molecule has 90 valence electrons. The molecule has 1 fully saturated rings. The van der Waals surface area contributed by atoms with E-state index in [1.807, 2.05) is 10.9 Å². The Morgan fingerprint density at radius 1 is 1.50 bits per heavy atom. The van der Waals surface area contributed by atoms with Gasteiger partial charge < -0.3 is 5.11 Å². The summed E-state index contributed by atoms with van der Waals surface area (Å²) in [4.78, 5) is 0. The second kappa shape index (κ2) is 4.17. The minimum absolute atomic E-state index is 0.0222. The van der Waals surface area contributed by atoms with Crippen LogP contribution in [0.15, 0.2) is 6.20 Å². The van der Waals surface area contributed by atoms with Gasteiger partial charge in [-0.3, -0.25) is 0 Å². The topological polar surface area (TPSA) is 50.9 Å². The molecule has 0 amide bonds. The van der Waals surface area contributed by atoms with Crippen molar-refractivity contribution < 1.29 is 5.11 Å². The molecule has 1 aromatic heterocycles. The Kier molecular flexibility index (Phi) is 3.02. The molecule has 1 heterocycles. The molecule has 0 unspecified atom stereocenters. The predicted octanol–water partition coefficient (Wildman–Crippen LogP) is 2.16. The highest BCUT2D eigenvalue weighted by Crippen LogP contribution is 2.43. The number of hydrogen-bond acceptors (Lipinski definition) is 3. The fraction of sp³-hybridized carbons (Fsp3) is 0.833. The predicted molar refractivity (Wildman–Crippen MR) is 61.8 cm³/mol. The Bertz CT molecular complexity index is 359. The molecule has 1 N–H and O–H groups in total.